The highest BCUT2D eigenvalue weighted by Gasteiger charge is 2.23. The Morgan fingerprint density at radius 2 is 0.519 bits per heavy atom. The van der Waals surface area contributed by atoms with E-state index in [1.807, 2.05) is 0 Å². The van der Waals surface area contributed by atoms with Crippen LogP contribution in [0.15, 0.2) is 194 Å². The van der Waals surface area contributed by atoms with Crippen LogP contribution in [0, 0.1) is 0 Å². The molecule has 0 saturated carbocycles. The second-order valence-electron chi connectivity index (χ2n) is 13.7. The Balaban J connectivity index is 1.40. The second kappa shape index (κ2) is 11.3. The van der Waals surface area contributed by atoms with Crippen LogP contribution < -0.4 is 0 Å². The summed E-state index contributed by atoms with van der Waals surface area (Å²) in [4.78, 5) is 0. The molecule has 11 aromatic rings. The normalized spacial score (nSPS) is 11.8. The molecule has 11 rings (SSSR count). The van der Waals surface area contributed by atoms with Crippen LogP contribution in [-0.2, 0) is 0 Å². The zero-order valence-electron chi connectivity index (χ0n) is 28.4. The van der Waals surface area contributed by atoms with Gasteiger partial charge in [0.25, 0.3) is 0 Å². The molecule has 2 heteroatoms. The highest BCUT2D eigenvalue weighted by Crippen LogP contribution is 2.46. The van der Waals surface area contributed by atoms with Gasteiger partial charge in [0.05, 0.1) is 33.4 Å². The summed E-state index contributed by atoms with van der Waals surface area (Å²) in [6.45, 7) is 0. The Hall–Kier alpha value is -6.90. The molecule has 0 bridgehead atoms. The van der Waals surface area contributed by atoms with Crippen molar-refractivity contribution in [1.82, 2.24) is 9.13 Å². The quantitative estimate of drug-likeness (QED) is 0.166. The number of benzene rings is 9. The lowest BCUT2D eigenvalue weighted by Crippen LogP contribution is -2.03. The first-order chi connectivity index (χ1) is 25.8. The molecular formula is C50H32N2. The smallest absolute Gasteiger partial charge is 0.0620 e. The largest absolute Gasteiger partial charge is 0.308 e. The summed E-state index contributed by atoms with van der Waals surface area (Å²) in [7, 11) is 0. The highest BCUT2D eigenvalue weighted by molar-refractivity contribution is 6.21. The maximum atomic E-state index is 2.52. The topological polar surface area (TPSA) is 9.86 Å². The minimum Gasteiger partial charge on any atom is -0.308 e. The van der Waals surface area contributed by atoms with E-state index >= 15 is 0 Å². The SMILES string of the molecule is c1ccc(-c2ccc3c(-n4c5ccccc5c5ccccc54)c4cc(-c5ccccc5)ccc4c(-n4c5ccccc5c5ccccc54)c3c2)cc1. The summed E-state index contributed by atoms with van der Waals surface area (Å²) in [5, 5.41) is 9.87. The lowest BCUT2D eigenvalue weighted by Gasteiger charge is -2.22. The Labute approximate surface area is 301 Å². The van der Waals surface area contributed by atoms with E-state index < -0.39 is 0 Å². The molecule has 2 heterocycles. The molecule has 52 heavy (non-hydrogen) atoms. The molecule has 0 N–H and O–H groups in total. The van der Waals surface area contributed by atoms with E-state index in [1.165, 1.54) is 98.8 Å². The molecule has 2 aromatic heterocycles. The predicted octanol–water partition coefficient (Wildman–Crippen LogP) is 13.5. The number of aromatic nitrogens is 2. The molecule has 0 fully saturated rings. The monoisotopic (exact) mass is 660 g/mol. The van der Waals surface area contributed by atoms with Crippen molar-refractivity contribution in [3.63, 3.8) is 0 Å². The molecular weight excluding hydrogens is 629 g/mol. The zero-order valence-corrected chi connectivity index (χ0v) is 28.4. The van der Waals surface area contributed by atoms with Crippen LogP contribution in [0.25, 0.3) is 98.8 Å². The molecule has 0 saturated heterocycles. The van der Waals surface area contributed by atoms with Crippen molar-refractivity contribution in [2.75, 3.05) is 0 Å². The minimum absolute atomic E-state index is 1.20. The lowest BCUT2D eigenvalue weighted by atomic mass is 9.92. The van der Waals surface area contributed by atoms with Crippen molar-refractivity contribution in [3.8, 4) is 33.6 Å². The van der Waals surface area contributed by atoms with Gasteiger partial charge in [0.15, 0.2) is 0 Å². The number of para-hydroxylation sites is 4. The van der Waals surface area contributed by atoms with Crippen LogP contribution in [0.1, 0.15) is 0 Å². The number of rotatable bonds is 4. The van der Waals surface area contributed by atoms with Gasteiger partial charge in [-0.15, -0.1) is 0 Å². The fourth-order valence-electron chi connectivity index (χ4n) is 8.61. The van der Waals surface area contributed by atoms with Crippen LogP contribution in [0.5, 0.6) is 0 Å². The van der Waals surface area contributed by atoms with E-state index in [9.17, 15) is 0 Å². The lowest BCUT2D eigenvalue weighted by molar-refractivity contribution is 1.19. The standard InChI is InChI=1S/C50H32N2/c1-3-15-33(16-4-1)35-27-29-41-43(31-35)49(51-45-23-11-7-19-37(45)38-20-8-12-24-46(38)51)42-30-28-36(34-17-5-2-6-18-34)32-44(42)50(41)52-47-25-13-9-21-39(47)40-22-10-14-26-48(40)52/h1-32H. The first-order valence-electron chi connectivity index (χ1n) is 17.9. The van der Waals surface area contributed by atoms with Gasteiger partial charge in [-0.1, -0.05) is 158 Å². The van der Waals surface area contributed by atoms with E-state index in [0.717, 1.165) is 0 Å². The Kier molecular flexibility index (Phi) is 6.28. The van der Waals surface area contributed by atoms with Gasteiger partial charge in [0.1, 0.15) is 0 Å². The van der Waals surface area contributed by atoms with E-state index in [-0.39, 0.29) is 0 Å². The maximum absolute atomic E-state index is 2.52. The van der Waals surface area contributed by atoms with Crippen molar-refractivity contribution < 1.29 is 0 Å². The average Bonchev–Trinajstić information content (AvgIpc) is 3.73. The number of hydrogen-bond donors (Lipinski definition) is 0. The molecule has 0 radical (unpaired) electrons. The van der Waals surface area contributed by atoms with Gasteiger partial charge in [-0.25, -0.2) is 0 Å². The summed E-state index contributed by atoms with van der Waals surface area (Å²) >= 11 is 0. The first kappa shape index (κ1) is 28.9. The number of nitrogens with zero attached hydrogens (tertiary/aromatic N) is 2. The van der Waals surface area contributed by atoms with Crippen LogP contribution in [-0.4, -0.2) is 9.13 Å². The van der Waals surface area contributed by atoms with E-state index in [4.69, 9.17) is 0 Å². The summed E-state index contributed by atoms with van der Waals surface area (Å²) in [5.41, 5.74) is 12.0. The summed E-state index contributed by atoms with van der Waals surface area (Å²) in [5.74, 6) is 0. The third kappa shape index (κ3) is 4.19. The molecule has 242 valence electrons. The van der Waals surface area contributed by atoms with Crippen molar-refractivity contribution in [1.29, 1.82) is 0 Å². The fourth-order valence-corrected chi connectivity index (χ4v) is 8.61. The molecule has 0 amide bonds. The summed E-state index contributed by atoms with van der Waals surface area (Å²) in [6.07, 6.45) is 0. The molecule has 0 aliphatic rings. The number of fused-ring (bicyclic) bond motifs is 8. The van der Waals surface area contributed by atoms with E-state index in [2.05, 4.69) is 203 Å². The van der Waals surface area contributed by atoms with Crippen LogP contribution >= 0.6 is 0 Å². The van der Waals surface area contributed by atoms with Crippen LogP contribution in [0.2, 0.25) is 0 Å². The van der Waals surface area contributed by atoms with Gasteiger partial charge in [0.2, 0.25) is 0 Å². The first-order valence-corrected chi connectivity index (χ1v) is 17.9. The van der Waals surface area contributed by atoms with Gasteiger partial charge in [-0.2, -0.15) is 0 Å². The highest BCUT2D eigenvalue weighted by atomic mass is 15.0. The molecule has 0 aliphatic heterocycles. The zero-order chi connectivity index (χ0) is 34.2. The van der Waals surface area contributed by atoms with Crippen molar-refractivity contribution in [2.45, 2.75) is 0 Å². The van der Waals surface area contributed by atoms with Crippen molar-refractivity contribution in [3.05, 3.63) is 194 Å². The fraction of sp³-hybridized carbons (Fsp3) is 0. The number of hydrogen-bond acceptors (Lipinski definition) is 0. The van der Waals surface area contributed by atoms with Gasteiger partial charge >= 0.3 is 0 Å². The van der Waals surface area contributed by atoms with Crippen molar-refractivity contribution >= 4 is 65.2 Å². The summed E-state index contributed by atoms with van der Waals surface area (Å²) in [6, 6.07) is 71.1. The van der Waals surface area contributed by atoms with Gasteiger partial charge < -0.3 is 9.13 Å². The maximum Gasteiger partial charge on any atom is 0.0620 e. The molecule has 0 aliphatic carbocycles. The van der Waals surface area contributed by atoms with Gasteiger partial charge in [-0.3, -0.25) is 0 Å². The average molecular weight is 661 g/mol. The Morgan fingerprint density at radius 1 is 0.212 bits per heavy atom. The second-order valence-corrected chi connectivity index (χ2v) is 13.7. The van der Waals surface area contributed by atoms with E-state index in [0.29, 0.717) is 0 Å². The van der Waals surface area contributed by atoms with Gasteiger partial charge in [-0.05, 0) is 58.7 Å². The molecule has 0 spiro atoms. The van der Waals surface area contributed by atoms with Crippen molar-refractivity contribution in [2.24, 2.45) is 0 Å². The summed E-state index contributed by atoms with van der Waals surface area (Å²) < 4.78 is 5.03. The molecule has 2 nitrogen and oxygen atoms in total. The molecule has 0 atom stereocenters. The van der Waals surface area contributed by atoms with Crippen LogP contribution in [0.4, 0.5) is 0 Å². The van der Waals surface area contributed by atoms with Crippen LogP contribution in [0.3, 0.4) is 0 Å². The third-order valence-corrected chi connectivity index (χ3v) is 10.9. The van der Waals surface area contributed by atoms with E-state index in [1.54, 1.807) is 0 Å². The predicted molar refractivity (Wildman–Crippen MR) is 221 cm³/mol. The third-order valence-electron chi connectivity index (χ3n) is 10.9. The minimum atomic E-state index is 1.20. The molecule has 9 aromatic carbocycles. The Morgan fingerprint density at radius 3 is 0.865 bits per heavy atom. The van der Waals surface area contributed by atoms with Gasteiger partial charge in [0, 0.05) is 43.1 Å². The molecule has 0 unspecified atom stereocenters. The Bertz CT molecular complexity index is 2840.